The lowest BCUT2D eigenvalue weighted by Gasteiger charge is -2.19. The SMILES string of the molecule is CCCCCC[C@H]1CC[C@@H]([C@@H](C)OS(C)(=O)=O)O1. The molecule has 0 amide bonds. The van der Waals surface area contributed by atoms with E-state index in [4.69, 9.17) is 8.92 Å². The molecule has 1 heterocycles. The van der Waals surface area contributed by atoms with Crippen LogP contribution in [-0.4, -0.2) is 33.0 Å². The van der Waals surface area contributed by atoms with Gasteiger partial charge in [-0.3, -0.25) is 4.18 Å². The molecular formula is C13H26O4S. The van der Waals surface area contributed by atoms with Crippen LogP contribution in [0, 0.1) is 0 Å². The van der Waals surface area contributed by atoms with Crippen LogP contribution in [0.4, 0.5) is 0 Å². The summed E-state index contributed by atoms with van der Waals surface area (Å²) in [7, 11) is -3.38. The fourth-order valence-corrected chi connectivity index (χ4v) is 3.10. The van der Waals surface area contributed by atoms with Crippen molar-refractivity contribution in [2.45, 2.75) is 77.1 Å². The minimum atomic E-state index is -3.38. The first-order chi connectivity index (χ1) is 8.42. The van der Waals surface area contributed by atoms with Crippen molar-refractivity contribution >= 4 is 10.1 Å². The molecule has 5 heteroatoms. The van der Waals surface area contributed by atoms with E-state index in [1.807, 2.05) is 0 Å². The Balaban J connectivity index is 2.24. The van der Waals surface area contributed by atoms with Gasteiger partial charge in [0, 0.05) is 0 Å². The molecule has 0 aromatic carbocycles. The summed E-state index contributed by atoms with van der Waals surface area (Å²) in [6.07, 6.45) is 8.92. The van der Waals surface area contributed by atoms with Crippen molar-refractivity contribution in [3.63, 3.8) is 0 Å². The highest BCUT2D eigenvalue weighted by molar-refractivity contribution is 7.86. The Bertz CT molecular complexity index is 326. The first-order valence-corrected chi connectivity index (χ1v) is 8.77. The summed E-state index contributed by atoms with van der Waals surface area (Å²) in [6.45, 7) is 3.97. The van der Waals surface area contributed by atoms with E-state index in [-0.39, 0.29) is 18.3 Å². The molecule has 108 valence electrons. The molecule has 1 aliphatic heterocycles. The second-order valence-electron chi connectivity index (χ2n) is 5.23. The van der Waals surface area contributed by atoms with E-state index in [1.165, 1.54) is 25.7 Å². The maximum Gasteiger partial charge on any atom is 0.264 e. The molecule has 0 saturated carbocycles. The van der Waals surface area contributed by atoms with E-state index in [9.17, 15) is 8.42 Å². The van der Waals surface area contributed by atoms with Gasteiger partial charge in [-0.15, -0.1) is 0 Å². The number of unbranched alkanes of at least 4 members (excludes halogenated alkanes) is 3. The number of ether oxygens (including phenoxy) is 1. The highest BCUT2D eigenvalue weighted by Gasteiger charge is 2.31. The van der Waals surface area contributed by atoms with Crippen LogP contribution in [0.1, 0.15) is 58.8 Å². The third-order valence-corrected chi connectivity index (χ3v) is 4.02. The number of hydrogen-bond donors (Lipinski definition) is 0. The van der Waals surface area contributed by atoms with Gasteiger partial charge in [0.2, 0.25) is 0 Å². The van der Waals surface area contributed by atoms with Crippen molar-refractivity contribution in [3.05, 3.63) is 0 Å². The van der Waals surface area contributed by atoms with Gasteiger partial charge < -0.3 is 4.74 Å². The van der Waals surface area contributed by atoms with Gasteiger partial charge in [-0.05, 0) is 26.2 Å². The van der Waals surface area contributed by atoms with Gasteiger partial charge in [0.1, 0.15) is 6.10 Å². The summed E-state index contributed by atoms with van der Waals surface area (Å²) in [5, 5.41) is 0. The molecule has 0 N–H and O–H groups in total. The van der Waals surface area contributed by atoms with Crippen LogP contribution < -0.4 is 0 Å². The molecule has 1 fully saturated rings. The average molecular weight is 278 g/mol. The summed E-state index contributed by atoms with van der Waals surface area (Å²) >= 11 is 0. The summed E-state index contributed by atoms with van der Waals surface area (Å²) in [4.78, 5) is 0. The van der Waals surface area contributed by atoms with Crippen LogP contribution in [0.25, 0.3) is 0 Å². The average Bonchev–Trinajstić information content (AvgIpc) is 2.71. The van der Waals surface area contributed by atoms with Crippen LogP contribution in [0.3, 0.4) is 0 Å². The van der Waals surface area contributed by atoms with Gasteiger partial charge in [-0.25, -0.2) is 0 Å². The summed E-state index contributed by atoms with van der Waals surface area (Å²) in [5.74, 6) is 0. The Morgan fingerprint density at radius 1 is 1.28 bits per heavy atom. The van der Waals surface area contributed by atoms with Gasteiger partial charge in [0.05, 0.1) is 18.5 Å². The zero-order valence-corrected chi connectivity index (χ0v) is 12.5. The maximum absolute atomic E-state index is 11.0. The summed E-state index contributed by atoms with van der Waals surface area (Å²) in [6, 6.07) is 0. The predicted molar refractivity (Wildman–Crippen MR) is 72.0 cm³/mol. The number of rotatable bonds is 8. The molecule has 0 aromatic rings. The lowest BCUT2D eigenvalue weighted by atomic mass is 10.1. The van der Waals surface area contributed by atoms with E-state index in [1.54, 1.807) is 6.92 Å². The van der Waals surface area contributed by atoms with Crippen LogP contribution in [0.2, 0.25) is 0 Å². The molecular weight excluding hydrogens is 252 g/mol. The van der Waals surface area contributed by atoms with Crippen molar-refractivity contribution in [2.24, 2.45) is 0 Å². The third kappa shape index (κ3) is 6.16. The molecule has 0 unspecified atom stereocenters. The molecule has 4 nitrogen and oxygen atoms in total. The molecule has 18 heavy (non-hydrogen) atoms. The first kappa shape index (κ1) is 15.9. The Morgan fingerprint density at radius 3 is 2.61 bits per heavy atom. The van der Waals surface area contributed by atoms with Crippen molar-refractivity contribution < 1.29 is 17.3 Å². The van der Waals surface area contributed by atoms with Crippen molar-refractivity contribution in [1.29, 1.82) is 0 Å². The highest BCUT2D eigenvalue weighted by Crippen LogP contribution is 2.27. The molecule has 0 aliphatic carbocycles. The highest BCUT2D eigenvalue weighted by atomic mass is 32.2. The Labute approximate surface area is 111 Å². The normalized spacial score (nSPS) is 26.4. The molecule has 0 spiro atoms. The van der Waals surface area contributed by atoms with E-state index < -0.39 is 10.1 Å². The standard InChI is InChI=1S/C13H26O4S/c1-4-5-6-7-8-12-9-10-13(16-12)11(2)17-18(3,14)15/h11-13H,4-10H2,1-3H3/t11-,12+,13+/m1/s1. The quantitative estimate of drug-likeness (QED) is 0.506. The second kappa shape index (κ2) is 7.46. The Kier molecular flexibility index (Phi) is 6.60. The second-order valence-corrected chi connectivity index (χ2v) is 6.83. The fourth-order valence-electron chi connectivity index (χ4n) is 2.43. The van der Waals surface area contributed by atoms with Gasteiger partial charge in [-0.1, -0.05) is 32.6 Å². The molecule has 1 rings (SSSR count). The molecule has 3 atom stereocenters. The predicted octanol–water partition coefficient (Wildman–Crippen LogP) is 2.87. The fraction of sp³-hybridized carbons (Fsp3) is 1.00. The topological polar surface area (TPSA) is 52.6 Å². The van der Waals surface area contributed by atoms with Gasteiger partial charge in [-0.2, -0.15) is 8.42 Å². The summed E-state index contributed by atoms with van der Waals surface area (Å²) < 4.78 is 32.9. The van der Waals surface area contributed by atoms with Gasteiger partial charge >= 0.3 is 0 Å². The third-order valence-electron chi connectivity index (χ3n) is 3.37. The van der Waals surface area contributed by atoms with E-state index in [0.717, 1.165) is 25.5 Å². The minimum absolute atomic E-state index is 0.0732. The largest absolute Gasteiger partial charge is 0.372 e. The lowest BCUT2D eigenvalue weighted by Crippen LogP contribution is -2.28. The number of hydrogen-bond acceptors (Lipinski definition) is 4. The molecule has 1 saturated heterocycles. The zero-order chi connectivity index (χ0) is 13.6. The molecule has 1 aliphatic rings. The molecule has 0 bridgehead atoms. The van der Waals surface area contributed by atoms with E-state index in [2.05, 4.69) is 6.92 Å². The Morgan fingerprint density at radius 2 is 2.00 bits per heavy atom. The van der Waals surface area contributed by atoms with Crippen LogP contribution >= 0.6 is 0 Å². The summed E-state index contributed by atoms with van der Waals surface area (Å²) in [5.41, 5.74) is 0. The Hall–Kier alpha value is -0.130. The smallest absolute Gasteiger partial charge is 0.264 e. The first-order valence-electron chi connectivity index (χ1n) is 6.96. The monoisotopic (exact) mass is 278 g/mol. The van der Waals surface area contributed by atoms with Gasteiger partial charge in [0.25, 0.3) is 10.1 Å². The molecule has 0 radical (unpaired) electrons. The maximum atomic E-state index is 11.0. The van der Waals surface area contributed by atoms with Crippen molar-refractivity contribution in [1.82, 2.24) is 0 Å². The van der Waals surface area contributed by atoms with Crippen molar-refractivity contribution in [2.75, 3.05) is 6.26 Å². The van der Waals surface area contributed by atoms with Crippen LogP contribution in [-0.2, 0) is 19.0 Å². The van der Waals surface area contributed by atoms with E-state index in [0.29, 0.717) is 0 Å². The van der Waals surface area contributed by atoms with Crippen LogP contribution in [0.15, 0.2) is 0 Å². The van der Waals surface area contributed by atoms with Crippen molar-refractivity contribution in [3.8, 4) is 0 Å². The van der Waals surface area contributed by atoms with Crippen LogP contribution in [0.5, 0.6) is 0 Å². The van der Waals surface area contributed by atoms with Gasteiger partial charge in [0.15, 0.2) is 0 Å². The minimum Gasteiger partial charge on any atom is -0.372 e. The lowest BCUT2D eigenvalue weighted by molar-refractivity contribution is -0.0174. The van der Waals surface area contributed by atoms with E-state index >= 15 is 0 Å². The zero-order valence-electron chi connectivity index (χ0n) is 11.7. The molecule has 0 aromatic heterocycles.